The fourth-order valence-corrected chi connectivity index (χ4v) is 5.84. The molecule has 3 heterocycles. The largest absolute Gasteiger partial charge is 0.573 e. The summed E-state index contributed by atoms with van der Waals surface area (Å²) in [5.41, 5.74) is 0.702. The van der Waals surface area contributed by atoms with Gasteiger partial charge in [0, 0.05) is 18.4 Å². The molecule has 8 nitrogen and oxygen atoms in total. The van der Waals surface area contributed by atoms with Crippen molar-refractivity contribution < 1.29 is 42.2 Å². The molecule has 1 aromatic rings. The van der Waals surface area contributed by atoms with Crippen molar-refractivity contribution in [1.82, 2.24) is 10.2 Å². The molecule has 3 saturated heterocycles. The number of alkyl halides is 3. The normalized spacial score (nSPS) is 29.9. The fraction of sp³-hybridized carbons (Fsp3) is 0.667. The van der Waals surface area contributed by atoms with E-state index in [1.54, 1.807) is 12.1 Å². The number of likely N-dealkylation sites (N-methyl/N-ethyl adjacent to an activating group) is 2. The van der Waals surface area contributed by atoms with E-state index in [1.165, 1.54) is 21.9 Å². The number of carbonyl (C=O) groups excluding carboxylic acids is 2. The molecule has 5 unspecified atom stereocenters. The van der Waals surface area contributed by atoms with E-state index in [0.717, 1.165) is 50.5 Å². The fourth-order valence-electron chi connectivity index (χ4n) is 5.84. The van der Waals surface area contributed by atoms with Crippen molar-refractivity contribution in [2.45, 2.75) is 50.3 Å². The highest BCUT2D eigenvalue weighted by Crippen LogP contribution is 2.23. The molecular weight excluding hydrogens is 463 g/mol. The molecular formula is C24H37F3N5O3+3. The Labute approximate surface area is 204 Å². The number of nitrogens with zero attached hydrogens (tertiary/aromatic N) is 1. The number of benzene rings is 1. The third kappa shape index (κ3) is 6.45. The highest BCUT2D eigenvalue weighted by Gasteiger charge is 2.51. The molecule has 0 radical (unpaired) electrons. The Morgan fingerprint density at radius 2 is 1.94 bits per heavy atom. The highest BCUT2D eigenvalue weighted by atomic mass is 19.4. The minimum absolute atomic E-state index is 0.0135. The number of halogens is 3. The first-order valence-corrected chi connectivity index (χ1v) is 12.5. The Morgan fingerprint density at radius 3 is 2.66 bits per heavy atom. The van der Waals surface area contributed by atoms with E-state index in [-0.39, 0.29) is 35.7 Å². The van der Waals surface area contributed by atoms with Crippen molar-refractivity contribution in [3.63, 3.8) is 0 Å². The maximum absolute atomic E-state index is 13.1. The quantitative estimate of drug-likeness (QED) is 0.343. The maximum atomic E-state index is 13.1. The van der Waals surface area contributed by atoms with Crippen LogP contribution in [-0.2, 0) is 16.1 Å². The van der Waals surface area contributed by atoms with Gasteiger partial charge >= 0.3 is 6.36 Å². The van der Waals surface area contributed by atoms with Gasteiger partial charge in [-0.25, -0.2) is 0 Å². The lowest BCUT2D eigenvalue weighted by atomic mass is 10.0. The molecule has 0 bridgehead atoms. The summed E-state index contributed by atoms with van der Waals surface area (Å²) in [6.45, 7) is 5.29. The zero-order valence-corrected chi connectivity index (χ0v) is 20.4. The maximum Gasteiger partial charge on any atom is 0.573 e. The van der Waals surface area contributed by atoms with Gasteiger partial charge in [-0.15, -0.1) is 13.2 Å². The molecule has 0 aromatic heterocycles. The standard InChI is InChI=1S/C24H34F3N5O3/c1-29-10-12-31(13-11-29)21(33)7-6-18-15-28-23(34)22-20(30(18)2)8-9-32(22)16-17-4-3-5-19(14-17)35-24(25,26)27/h3-5,14,18,20,22H,6-13,15-16H2,1-2H3,(H,28,34)/p+3. The lowest BCUT2D eigenvalue weighted by molar-refractivity contribution is -0.970. The van der Waals surface area contributed by atoms with Crippen molar-refractivity contribution in [3.05, 3.63) is 29.8 Å². The van der Waals surface area contributed by atoms with E-state index in [4.69, 9.17) is 0 Å². The summed E-state index contributed by atoms with van der Waals surface area (Å²) in [4.78, 5) is 31.5. The second-order valence-electron chi connectivity index (χ2n) is 10.2. The van der Waals surface area contributed by atoms with Gasteiger partial charge in [0.05, 0.1) is 59.8 Å². The van der Waals surface area contributed by atoms with E-state index in [1.807, 2.05) is 4.90 Å². The Bertz CT molecular complexity index is 907. The van der Waals surface area contributed by atoms with Crippen LogP contribution in [0.4, 0.5) is 13.2 Å². The average Bonchev–Trinajstić information content (AvgIpc) is 3.16. The molecule has 3 aliphatic rings. The third-order valence-electron chi connectivity index (χ3n) is 7.89. The molecule has 3 fully saturated rings. The van der Waals surface area contributed by atoms with Crippen molar-refractivity contribution in [1.29, 1.82) is 0 Å². The molecule has 0 spiro atoms. The van der Waals surface area contributed by atoms with Crippen LogP contribution in [0, 0.1) is 0 Å². The van der Waals surface area contributed by atoms with Crippen LogP contribution < -0.4 is 24.8 Å². The first kappa shape index (κ1) is 25.7. The van der Waals surface area contributed by atoms with Crippen LogP contribution >= 0.6 is 0 Å². The minimum atomic E-state index is -4.74. The molecule has 1 aromatic carbocycles. The smallest absolute Gasteiger partial charge is 0.406 e. The molecule has 5 atom stereocenters. The van der Waals surface area contributed by atoms with E-state index in [9.17, 15) is 22.8 Å². The number of hydrogen-bond donors (Lipinski definition) is 4. The molecule has 4 rings (SSSR count). The van der Waals surface area contributed by atoms with Crippen molar-refractivity contribution in [2.75, 3.05) is 53.4 Å². The number of hydrogen-bond acceptors (Lipinski definition) is 3. The Morgan fingerprint density at radius 1 is 1.20 bits per heavy atom. The van der Waals surface area contributed by atoms with Gasteiger partial charge in [-0.05, 0) is 12.1 Å². The highest BCUT2D eigenvalue weighted by molar-refractivity contribution is 5.81. The van der Waals surface area contributed by atoms with Gasteiger partial charge in [0.1, 0.15) is 18.3 Å². The topological polar surface area (TPSA) is 72.0 Å². The van der Waals surface area contributed by atoms with Crippen LogP contribution in [0.25, 0.3) is 0 Å². The zero-order chi connectivity index (χ0) is 25.2. The number of ether oxygens (including phenoxy) is 1. The number of nitrogens with one attached hydrogen (secondary N) is 4. The lowest BCUT2D eigenvalue weighted by Crippen LogP contribution is -3.22. The molecule has 35 heavy (non-hydrogen) atoms. The Hall–Kier alpha value is -2.37. The average molecular weight is 501 g/mol. The molecule has 11 heteroatoms. The molecule has 4 N–H and O–H groups in total. The first-order valence-electron chi connectivity index (χ1n) is 12.5. The van der Waals surface area contributed by atoms with Gasteiger partial charge < -0.3 is 29.7 Å². The zero-order valence-electron chi connectivity index (χ0n) is 20.4. The molecule has 194 valence electrons. The van der Waals surface area contributed by atoms with Crippen molar-refractivity contribution in [3.8, 4) is 5.75 Å². The van der Waals surface area contributed by atoms with Gasteiger partial charge in [0.25, 0.3) is 5.91 Å². The number of quaternary nitrogens is 3. The lowest BCUT2D eigenvalue weighted by Gasteiger charge is -2.31. The monoisotopic (exact) mass is 500 g/mol. The van der Waals surface area contributed by atoms with Crippen LogP contribution in [0.2, 0.25) is 0 Å². The predicted octanol–water partition coefficient (Wildman–Crippen LogP) is -2.74. The first-order chi connectivity index (χ1) is 16.6. The van der Waals surface area contributed by atoms with Crippen molar-refractivity contribution in [2.24, 2.45) is 0 Å². The molecule has 3 aliphatic heterocycles. The second kappa shape index (κ2) is 10.7. The van der Waals surface area contributed by atoms with Gasteiger partial charge in [-0.1, -0.05) is 12.1 Å². The van der Waals surface area contributed by atoms with Crippen molar-refractivity contribution >= 4 is 11.8 Å². The Balaban J connectivity index is 1.36. The van der Waals surface area contributed by atoms with Gasteiger partial charge in [0.2, 0.25) is 11.9 Å². The predicted molar refractivity (Wildman–Crippen MR) is 121 cm³/mol. The molecule has 0 aliphatic carbocycles. The summed E-state index contributed by atoms with van der Waals surface area (Å²) in [6.07, 6.45) is -2.68. The van der Waals surface area contributed by atoms with E-state index >= 15 is 0 Å². The van der Waals surface area contributed by atoms with Crippen LogP contribution in [0.1, 0.15) is 24.8 Å². The van der Waals surface area contributed by atoms with Gasteiger partial charge in [0.15, 0.2) is 6.04 Å². The summed E-state index contributed by atoms with van der Waals surface area (Å²) in [5.74, 6) is -0.0674. The number of carbonyl (C=O) groups is 2. The summed E-state index contributed by atoms with van der Waals surface area (Å²) in [5, 5.41) is 3.08. The number of amides is 2. The van der Waals surface area contributed by atoms with Gasteiger partial charge in [-0.3, -0.25) is 9.59 Å². The number of piperazine rings is 1. The molecule has 2 amide bonds. The molecule has 0 saturated carbocycles. The summed E-state index contributed by atoms with van der Waals surface area (Å²) >= 11 is 0. The van der Waals surface area contributed by atoms with Gasteiger partial charge in [-0.2, -0.15) is 0 Å². The number of likely N-dealkylation sites (tertiary alicyclic amines) is 1. The number of fused-ring (bicyclic) bond motifs is 1. The van der Waals surface area contributed by atoms with Crippen LogP contribution in [0.5, 0.6) is 5.75 Å². The Kier molecular flexibility index (Phi) is 7.87. The van der Waals surface area contributed by atoms with Crippen LogP contribution in [0.15, 0.2) is 24.3 Å². The summed E-state index contributed by atoms with van der Waals surface area (Å²) in [6, 6.07) is 5.97. The van der Waals surface area contributed by atoms with Crippen LogP contribution in [-0.4, -0.2) is 94.6 Å². The van der Waals surface area contributed by atoms with E-state index < -0.39 is 6.36 Å². The second-order valence-corrected chi connectivity index (χ2v) is 10.2. The third-order valence-corrected chi connectivity index (χ3v) is 7.89. The minimum Gasteiger partial charge on any atom is -0.406 e. The van der Waals surface area contributed by atoms with E-state index in [0.29, 0.717) is 25.1 Å². The summed E-state index contributed by atoms with van der Waals surface area (Å²) in [7, 11) is 4.25. The SMILES string of the molecule is C[NH+]1CCN(C(=O)CCC2CNC(=O)C3C(CC[NH+]3Cc3cccc(OC(F)(F)F)c3)[NH+]2C)CC1. The number of rotatable bonds is 6. The summed E-state index contributed by atoms with van der Waals surface area (Å²) < 4.78 is 41.9. The van der Waals surface area contributed by atoms with E-state index in [2.05, 4.69) is 24.1 Å². The van der Waals surface area contributed by atoms with Crippen LogP contribution in [0.3, 0.4) is 0 Å².